The van der Waals surface area contributed by atoms with Crippen molar-refractivity contribution in [2.24, 2.45) is 0 Å². The van der Waals surface area contributed by atoms with Crippen molar-refractivity contribution in [3.63, 3.8) is 0 Å². The molecule has 1 aromatic heterocycles. The highest BCUT2D eigenvalue weighted by atomic mass is 35.5. The van der Waals surface area contributed by atoms with E-state index >= 15 is 0 Å². The summed E-state index contributed by atoms with van der Waals surface area (Å²) in [5, 5.41) is 7.96. The zero-order chi connectivity index (χ0) is 41.6. The maximum atomic E-state index is 14.3. The summed E-state index contributed by atoms with van der Waals surface area (Å²) in [7, 11) is 0.0239. The van der Waals surface area contributed by atoms with Gasteiger partial charge in [0.1, 0.15) is 35.0 Å². The van der Waals surface area contributed by atoms with Gasteiger partial charge >= 0.3 is 13.6 Å². The van der Waals surface area contributed by atoms with Gasteiger partial charge in [-0.3, -0.25) is 19.1 Å². The molecule has 3 heterocycles. The first-order valence-corrected chi connectivity index (χ1v) is 22.4. The zero-order valence-corrected chi connectivity index (χ0v) is 35.5. The Kier molecular flexibility index (Phi) is 13.1. The summed E-state index contributed by atoms with van der Waals surface area (Å²) >= 11 is 8.85. The zero-order valence-electron chi connectivity index (χ0n) is 32.2. The molecule has 0 saturated carbocycles. The molecule has 7 rings (SSSR count). The number of nitrogens with one attached hydrogen (secondary N) is 2. The van der Waals surface area contributed by atoms with Crippen LogP contribution in [0.15, 0.2) is 138 Å². The van der Waals surface area contributed by atoms with Gasteiger partial charge < -0.3 is 29.2 Å². The summed E-state index contributed by atoms with van der Waals surface area (Å²) in [4.78, 5) is 47.8. The Bertz CT molecular complexity index is 2310. The minimum absolute atomic E-state index is 0.00397. The molecule has 1 fully saturated rings. The van der Waals surface area contributed by atoms with Crippen LogP contribution in [0.2, 0.25) is 0 Å². The minimum atomic E-state index is -3.95. The van der Waals surface area contributed by atoms with Crippen LogP contribution in [0.3, 0.4) is 0 Å². The molecule has 4 aromatic carbocycles. The van der Waals surface area contributed by atoms with Crippen molar-refractivity contribution in [1.29, 1.82) is 0 Å². The Morgan fingerprint density at radius 2 is 1.47 bits per heavy atom. The number of rotatable bonds is 16. The lowest BCUT2D eigenvalue weighted by Gasteiger charge is -2.49. The molecule has 0 bridgehead atoms. The molecule has 12 nitrogen and oxygen atoms in total. The SMILES string of the molecule is COc1ccc(COC(=O)C2=C(CCl)CS[C@@H]3[C@H](NC(=O)/C(=C\P(=O)(OC)OC)c4csc(NC(c5ccccc5)(c5ccccc5)c5ccccc5)n4)C(=O)N23)cc1. The summed E-state index contributed by atoms with van der Waals surface area (Å²) in [6, 6.07) is 35.9. The topological polar surface area (TPSA) is 145 Å². The van der Waals surface area contributed by atoms with Gasteiger partial charge in [-0.15, -0.1) is 34.7 Å². The minimum Gasteiger partial charge on any atom is -0.497 e. The van der Waals surface area contributed by atoms with Gasteiger partial charge in [0, 0.05) is 37.0 Å². The highest BCUT2D eigenvalue weighted by molar-refractivity contribution is 8.00. The highest BCUT2D eigenvalue weighted by Crippen LogP contribution is 2.51. The van der Waals surface area contributed by atoms with E-state index in [0.29, 0.717) is 22.2 Å². The van der Waals surface area contributed by atoms with Crippen molar-refractivity contribution in [2.75, 3.05) is 38.3 Å². The fourth-order valence-electron chi connectivity index (χ4n) is 6.91. The number of alkyl halides is 1. The van der Waals surface area contributed by atoms with E-state index < -0.39 is 42.3 Å². The predicted octanol–water partition coefficient (Wildman–Crippen LogP) is 8.02. The molecule has 2 atom stereocenters. The number of hydrogen-bond acceptors (Lipinski definition) is 12. The Labute approximate surface area is 355 Å². The van der Waals surface area contributed by atoms with Gasteiger partial charge in [-0.2, -0.15) is 0 Å². The summed E-state index contributed by atoms with van der Waals surface area (Å²) in [5.74, 6) is 0.108. The van der Waals surface area contributed by atoms with Gasteiger partial charge in [0.2, 0.25) is 0 Å². The number of amides is 2. The van der Waals surface area contributed by atoms with E-state index in [1.165, 1.54) is 42.2 Å². The molecule has 59 heavy (non-hydrogen) atoms. The van der Waals surface area contributed by atoms with Crippen molar-refractivity contribution in [2.45, 2.75) is 23.6 Å². The summed E-state index contributed by atoms with van der Waals surface area (Å²) < 4.78 is 34.8. The first kappa shape index (κ1) is 41.9. The highest BCUT2D eigenvalue weighted by Gasteiger charge is 2.54. The van der Waals surface area contributed by atoms with Crippen molar-refractivity contribution >= 4 is 70.8 Å². The third-order valence-corrected chi connectivity index (χ3v) is 14.0. The van der Waals surface area contributed by atoms with E-state index in [9.17, 15) is 18.9 Å². The molecule has 0 unspecified atom stereocenters. The second-order valence-corrected chi connectivity index (χ2v) is 17.6. The molecule has 0 spiro atoms. The van der Waals surface area contributed by atoms with Crippen LogP contribution in [0, 0.1) is 0 Å². The van der Waals surface area contributed by atoms with Crippen LogP contribution in [-0.2, 0) is 44.9 Å². The van der Waals surface area contributed by atoms with Crippen LogP contribution < -0.4 is 15.4 Å². The van der Waals surface area contributed by atoms with Crippen molar-refractivity contribution in [3.05, 3.63) is 166 Å². The molecule has 16 heteroatoms. The number of thioether (sulfide) groups is 1. The van der Waals surface area contributed by atoms with Crippen LogP contribution in [0.4, 0.5) is 5.13 Å². The van der Waals surface area contributed by atoms with E-state index in [1.54, 1.807) is 36.8 Å². The second kappa shape index (κ2) is 18.4. The third-order valence-electron chi connectivity index (χ3n) is 9.95. The molecule has 0 aliphatic carbocycles. The number of thiazole rings is 1. The van der Waals surface area contributed by atoms with Crippen LogP contribution in [-0.4, -0.2) is 72.0 Å². The molecule has 2 N–H and O–H groups in total. The maximum Gasteiger partial charge on any atom is 0.355 e. The lowest BCUT2D eigenvalue weighted by Crippen LogP contribution is -2.70. The van der Waals surface area contributed by atoms with Gasteiger partial charge in [-0.05, 0) is 40.0 Å². The van der Waals surface area contributed by atoms with Crippen molar-refractivity contribution in [3.8, 4) is 5.75 Å². The number of carbonyl (C=O) groups is 3. The first-order valence-electron chi connectivity index (χ1n) is 18.3. The Hall–Kier alpha value is -5.21. The summed E-state index contributed by atoms with van der Waals surface area (Å²) in [6.45, 7) is -0.0389. The number of methoxy groups -OCH3 is 1. The molecule has 0 radical (unpaired) electrons. The lowest BCUT2D eigenvalue weighted by molar-refractivity contribution is -0.153. The second-order valence-electron chi connectivity index (χ2n) is 13.3. The van der Waals surface area contributed by atoms with Gasteiger partial charge in [0.25, 0.3) is 11.8 Å². The van der Waals surface area contributed by atoms with Crippen LogP contribution in [0.1, 0.15) is 27.9 Å². The van der Waals surface area contributed by atoms with E-state index in [1.807, 2.05) is 91.0 Å². The van der Waals surface area contributed by atoms with Crippen LogP contribution in [0.25, 0.3) is 5.57 Å². The summed E-state index contributed by atoms with van der Waals surface area (Å²) in [6.07, 6.45) is 0. The monoisotopic (exact) mass is 870 g/mol. The molecule has 304 valence electrons. The molecule has 2 aliphatic rings. The number of halogens is 1. The number of nitrogens with zero attached hydrogens (tertiary/aromatic N) is 2. The molecule has 2 amide bonds. The number of anilines is 1. The van der Waals surface area contributed by atoms with Crippen LogP contribution in [0.5, 0.6) is 5.75 Å². The predicted molar refractivity (Wildman–Crippen MR) is 230 cm³/mol. The standard InChI is InChI=1S/C43H40ClN4O8PS2/c1-53-33-21-19-28(20-22-33)24-56-41(51)37-29(23-44)26-58-40-36(39(50)48(37)40)46-38(49)34(25-57(52,54-2)55-3)35-27-59-42(45-35)47-43(30-13-7-4-8-14-30,31-15-9-5-10-16-31)32-17-11-6-12-18-32/h4-22,25,27,36,40H,23-24,26H2,1-3H3,(H,45,47)(H,46,49)/b34-25-/t36-,40-/m1/s1. The normalized spacial score (nSPS) is 16.8. The fourth-order valence-corrected chi connectivity index (χ4v) is 10.3. The Morgan fingerprint density at radius 1 is 0.898 bits per heavy atom. The number of benzene rings is 4. The molecule has 2 aliphatic heterocycles. The van der Waals surface area contributed by atoms with E-state index in [4.69, 9.17) is 35.1 Å². The smallest absolute Gasteiger partial charge is 0.355 e. The van der Waals surface area contributed by atoms with E-state index in [0.717, 1.165) is 28.1 Å². The fraction of sp³-hybridized carbons (Fsp3) is 0.209. The average molecular weight is 871 g/mol. The van der Waals surface area contributed by atoms with Gasteiger partial charge in [-0.25, -0.2) is 9.78 Å². The van der Waals surface area contributed by atoms with Gasteiger partial charge in [0.05, 0.1) is 18.4 Å². The van der Waals surface area contributed by atoms with Crippen molar-refractivity contribution in [1.82, 2.24) is 15.2 Å². The van der Waals surface area contributed by atoms with Gasteiger partial charge in [0.15, 0.2) is 5.13 Å². The maximum absolute atomic E-state index is 14.3. The number of esters is 1. The quantitative estimate of drug-likeness (QED) is 0.0248. The number of fused-ring (bicyclic) bond motifs is 1. The molecular weight excluding hydrogens is 831 g/mol. The molecule has 5 aromatic rings. The molecule has 1 saturated heterocycles. The number of carbonyl (C=O) groups excluding carboxylic acids is 3. The number of β-lactam (4-membered cyclic amide) rings is 1. The number of hydrogen-bond donors (Lipinski definition) is 2. The first-order chi connectivity index (χ1) is 28.6. The summed E-state index contributed by atoms with van der Waals surface area (Å²) in [5.41, 5.74) is 3.27. The van der Waals surface area contributed by atoms with Crippen molar-refractivity contribution < 1.29 is 37.5 Å². The third kappa shape index (κ3) is 8.61. The largest absolute Gasteiger partial charge is 0.497 e. The Morgan fingerprint density at radius 3 is 2.00 bits per heavy atom. The van der Waals surface area contributed by atoms with Gasteiger partial charge in [-0.1, -0.05) is 103 Å². The Balaban J connectivity index is 1.17. The average Bonchev–Trinajstić information content (AvgIpc) is 3.76. The number of aromatic nitrogens is 1. The van der Waals surface area contributed by atoms with Crippen LogP contribution >= 0.6 is 42.3 Å². The van der Waals surface area contributed by atoms with E-state index in [2.05, 4.69) is 10.6 Å². The molecular formula is C43H40ClN4O8PS2. The lowest BCUT2D eigenvalue weighted by atomic mass is 9.77. The number of ether oxygens (including phenoxy) is 2. The van der Waals surface area contributed by atoms with E-state index in [-0.39, 0.29) is 29.5 Å².